The van der Waals surface area contributed by atoms with Crippen LogP contribution in [0.15, 0.2) is 11.3 Å². The Labute approximate surface area is 89.7 Å². The minimum absolute atomic E-state index is 0.104. The van der Waals surface area contributed by atoms with Crippen molar-refractivity contribution in [1.29, 1.82) is 0 Å². The molecular formula is C8H10N2O4S. The van der Waals surface area contributed by atoms with Gasteiger partial charge in [0.05, 0.1) is 6.61 Å². The summed E-state index contributed by atoms with van der Waals surface area (Å²) in [5.41, 5.74) is 5.80. The third-order valence-corrected chi connectivity index (χ3v) is 3.84. The van der Waals surface area contributed by atoms with Crippen molar-refractivity contribution in [1.82, 2.24) is 4.90 Å². The Morgan fingerprint density at radius 3 is 2.87 bits per heavy atom. The molecule has 0 bridgehead atoms. The molecule has 2 atom stereocenters. The number of carbonyl (C=O) groups excluding carboxylic acids is 1. The molecule has 0 unspecified atom stereocenters. The van der Waals surface area contributed by atoms with E-state index >= 15 is 0 Å². The van der Waals surface area contributed by atoms with E-state index in [2.05, 4.69) is 0 Å². The van der Waals surface area contributed by atoms with Gasteiger partial charge in [0.25, 0.3) is 0 Å². The molecule has 1 saturated heterocycles. The first-order valence-corrected chi connectivity index (χ1v) is 5.39. The van der Waals surface area contributed by atoms with E-state index in [1.807, 2.05) is 0 Å². The van der Waals surface area contributed by atoms with Crippen molar-refractivity contribution in [2.45, 2.75) is 11.4 Å². The molecule has 2 aliphatic heterocycles. The lowest BCUT2D eigenvalue weighted by Crippen LogP contribution is -2.68. The van der Waals surface area contributed by atoms with Crippen LogP contribution in [0.25, 0.3) is 0 Å². The quantitative estimate of drug-likeness (QED) is 0.502. The second-order valence-corrected chi connectivity index (χ2v) is 4.46. The second-order valence-electron chi connectivity index (χ2n) is 3.35. The maximum atomic E-state index is 11.4. The Balaban J connectivity index is 2.38. The standard InChI is InChI=1S/C8H10N2O4S/c9-4-6(12)10-5(8(13)14)3(1-11)2-15-7(4)10/h4,7,11H,1-2,9H2,(H,13,14)/t4-,7+/m1/s1. The second kappa shape index (κ2) is 3.51. The molecule has 0 saturated carbocycles. The third-order valence-electron chi connectivity index (χ3n) is 2.48. The summed E-state index contributed by atoms with van der Waals surface area (Å²) >= 11 is 1.38. The molecule has 15 heavy (non-hydrogen) atoms. The van der Waals surface area contributed by atoms with Crippen molar-refractivity contribution < 1.29 is 19.8 Å². The first-order chi connectivity index (χ1) is 7.07. The fourth-order valence-electron chi connectivity index (χ4n) is 1.70. The van der Waals surface area contributed by atoms with Gasteiger partial charge in [-0.2, -0.15) is 0 Å². The van der Waals surface area contributed by atoms with Gasteiger partial charge in [-0.3, -0.25) is 9.69 Å². The number of hydrogen-bond acceptors (Lipinski definition) is 5. The number of nitrogens with two attached hydrogens (primary N) is 1. The Morgan fingerprint density at radius 2 is 2.33 bits per heavy atom. The summed E-state index contributed by atoms with van der Waals surface area (Å²) < 4.78 is 0. The van der Waals surface area contributed by atoms with Gasteiger partial charge < -0.3 is 15.9 Å². The molecule has 2 rings (SSSR count). The smallest absolute Gasteiger partial charge is 0.352 e. The van der Waals surface area contributed by atoms with E-state index in [1.54, 1.807) is 0 Å². The minimum atomic E-state index is -1.19. The van der Waals surface area contributed by atoms with Gasteiger partial charge in [0.1, 0.15) is 17.1 Å². The Morgan fingerprint density at radius 1 is 1.67 bits per heavy atom. The number of carbonyl (C=O) groups is 2. The van der Waals surface area contributed by atoms with Crippen molar-refractivity contribution >= 4 is 23.6 Å². The van der Waals surface area contributed by atoms with Crippen LogP contribution in [0.5, 0.6) is 0 Å². The van der Waals surface area contributed by atoms with Crippen LogP contribution < -0.4 is 5.73 Å². The monoisotopic (exact) mass is 230 g/mol. The van der Waals surface area contributed by atoms with Gasteiger partial charge >= 0.3 is 5.97 Å². The number of aliphatic hydroxyl groups excluding tert-OH is 1. The van der Waals surface area contributed by atoms with Gasteiger partial charge in [0.2, 0.25) is 5.91 Å². The molecule has 0 aromatic carbocycles. The van der Waals surface area contributed by atoms with Crippen LogP contribution in [0.2, 0.25) is 0 Å². The van der Waals surface area contributed by atoms with Gasteiger partial charge in [-0.25, -0.2) is 4.79 Å². The van der Waals surface area contributed by atoms with Gasteiger partial charge in [0, 0.05) is 5.75 Å². The predicted octanol–water partition coefficient (Wildman–Crippen LogP) is -1.44. The van der Waals surface area contributed by atoms with E-state index in [0.29, 0.717) is 11.3 Å². The number of β-lactam (4-membered cyclic amide) rings is 1. The van der Waals surface area contributed by atoms with E-state index in [0.717, 1.165) is 4.90 Å². The summed E-state index contributed by atoms with van der Waals surface area (Å²) in [5.74, 6) is -1.18. The molecule has 7 heteroatoms. The lowest BCUT2D eigenvalue weighted by Gasteiger charge is -2.47. The number of fused-ring (bicyclic) bond motifs is 1. The largest absolute Gasteiger partial charge is 0.477 e. The average Bonchev–Trinajstić information content (AvgIpc) is 2.25. The number of hydrogen-bond donors (Lipinski definition) is 3. The highest BCUT2D eigenvalue weighted by Crippen LogP contribution is 2.39. The van der Waals surface area contributed by atoms with Gasteiger partial charge in [-0.15, -0.1) is 11.8 Å². The maximum Gasteiger partial charge on any atom is 0.352 e. The zero-order valence-electron chi connectivity index (χ0n) is 7.71. The fourth-order valence-corrected chi connectivity index (χ4v) is 2.98. The van der Waals surface area contributed by atoms with Crippen LogP contribution >= 0.6 is 11.8 Å². The molecule has 1 fully saturated rings. The van der Waals surface area contributed by atoms with Crippen molar-refractivity contribution in [2.24, 2.45) is 5.73 Å². The van der Waals surface area contributed by atoms with Crippen LogP contribution in [0, 0.1) is 0 Å². The maximum absolute atomic E-state index is 11.4. The number of nitrogens with zero attached hydrogens (tertiary/aromatic N) is 1. The summed E-state index contributed by atoms with van der Waals surface area (Å²) in [6, 6.07) is -0.621. The van der Waals surface area contributed by atoms with Crippen LogP contribution in [0.4, 0.5) is 0 Å². The lowest BCUT2D eigenvalue weighted by molar-refractivity contribution is -0.148. The summed E-state index contributed by atoms with van der Waals surface area (Å²) in [6.45, 7) is -0.347. The fraction of sp³-hybridized carbons (Fsp3) is 0.500. The first-order valence-electron chi connectivity index (χ1n) is 4.34. The number of aliphatic hydroxyl groups is 1. The van der Waals surface area contributed by atoms with Crippen LogP contribution in [0.3, 0.4) is 0 Å². The molecule has 0 spiro atoms. The number of rotatable bonds is 2. The van der Waals surface area contributed by atoms with E-state index < -0.39 is 17.9 Å². The number of carboxylic acid groups (broad SMARTS) is 1. The molecule has 1 amide bonds. The molecule has 4 N–H and O–H groups in total. The van der Waals surface area contributed by atoms with Crippen LogP contribution in [-0.4, -0.2) is 50.8 Å². The zero-order valence-corrected chi connectivity index (χ0v) is 8.53. The van der Waals surface area contributed by atoms with E-state index in [9.17, 15) is 9.59 Å². The summed E-state index contributed by atoms with van der Waals surface area (Å²) in [5, 5.41) is 17.6. The minimum Gasteiger partial charge on any atom is -0.477 e. The molecule has 82 valence electrons. The lowest BCUT2D eigenvalue weighted by atomic mass is 10.0. The topological polar surface area (TPSA) is 104 Å². The van der Waals surface area contributed by atoms with Crippen molar-refractivity contribution in [3.63, 3.8) is 0 Å². The Hall–Kier alpha value is -1.05. The predicted molar refractivity (Wildman–Crippen MR) is 52.8 cm³/mol. The van der Waals surface area contributed by atoms with Crippen molar-refractivity contribution in [3.05, 3.63) is 11.3 Å². The van der Waals surface area contributed by atoms with E-state index in [-0.39, 0.29) is 17.7 Å². The van der Waals surface area contributed by atoms with Gasteiger partial charge in [0.15, 0.2) is 0 Å². The molecule has 2 heterocycles. The highest BCUT2D eigenvalue weighted by molar-refractivity contribution is 8.00. The molecule has 6 nitrogen and oxygen atoms in total. The zero-order chi connectivity index (χ0) is 11.2. The highest BCUT2D eigenvalue weighted by atomic mass is 32.2. The Kier molecular flexibility index (Phi) is 2.45. The average molecular weight is 230 g/mol. The molecule has 0 aromatic heterocycles. The highest BCUT2D eigenvalue weighted by Gasteiger charge is 2.51. The molecule has 2 aliphatic rings. The van der Waals surface area contributed by atoms with E-state index in [4.69, 9.17) is 15.9 Å². The number of aliphatic carboxylic acids is 1. The molecule has 0 radical (unpaired) electrons. The molecule has 0 aromatic rings. The first kappa shape index (κ1) is 10.5. The van der Waals surface area contributed by atoms with Crippen molar-refractivity contribution in [2.75, 3.05) is 12.4 Å². The molecular weight excluding hydrogens is 220 g/mol. The number of amides is 1. The van der Waals surface area contributed by atoms with Gasteiger partial charge in [-0.1, -0.05) is 0 Å². The summed E-state index contributed by atoms with van der Waals surface area (Å²) in [7, 11) is 0. The third kappa shape index (κ3) is 1.35. The van der Waals surface area contributed by atoms with E-state index in [1.165, 1.54) is 11.8 Å². The van der Waals surface area contributed by atoms with Gasteiger partial charge in [-0.05, 0) is 5.57 Å². The van der Waals surface area contributed by atoms with Crippen molar-refractivity contribution in [3.8, 4) is 0 Å². The normalized spacial score (nSPS) is 30.0. The summed E-state index contributed by atoms with van der Waals surface area (Å²) in [6.07, 6.45) is 0. The molecule has 0 aliphatic carbocycles. The summed E-state index contributed by atoms with van der Waals surface area (Å²) in [4.78, 5) is 23.5. The SMILES string of the molecule is N[C@@H]1C(=O)N2C(C(=O)O)=C(CO)CS[C@@H]12. The van der Waals surface area contributed by atoms with Crippen LogP contribution in [-0.2, 0) is 9.59 Å². The van der Waals surface area contributed by atoms with Crippen LogP contribution in [0.1, 0.15) is 0 Å². The Bertz CT molecular complexity index is 368. The number of thioether (sulfide) groups is 1. The number of carboxylic acids is 1.